The maximum absolute atomic E-state index is 11.7. The van der Waals surface area contributed by atoms with E-state index in [9.17, 15) is 4.79 Å². The number of carbonyl (C=O) groups is 1. The van der Waals surface area contributed by atoms with Crippen molar-refractivity contribution in [2.75, 3.05) is 25.0 Å². The van der Waals surface area contributed by atoms with Crippen molar-refractivity contribution < 1.29 is 4.79 Å². The third-order valence-electron chi connectivity index (χ3n) is 3.11. The lowest BCUT2D eigenvalue weighted by molar-refractivity contribution is -0.119. The molecule has 0 saturated heterocycles. The molecule has 1 fully saturated rings. The number of anilines is 1. The Kier molecular flexibility index (Phi) is 5.29. The van der Waals surface area contributed by atoms with Gasteiger partial charge < -0.3 is 15.5 Å². The van der Waals surface area contributed by atoms with Gasteiger partial charge in [0.15, 0.2) is 0 Å². The molecular formula is C14H23N5O. The lowest BCUT2D eigenvalue weighted by atomic mass is 10.3. The van der Waals surface area contributed by atoms with Gasteiger partial charge in [-0.15, -0.1) is 0 Å². The monoisotopic (exact) mass is 277 g/mol. The summed E-state index contributed by atoms with van der Waals surface area (Å²) in [5.74, 6) is 0.613. The van der Waals surface area contributed by atoms with Crippen molar-refractivity contribution in [1.82, 2.24) is 20.6 Å². The summed E-state index contributed by atoms with van der Waals surface area (Å²) in [5, 5.41) is 6.26. The minimum Gasteiger partial charge on any atom is -0.352 e. The molecule has 1 aliphatic carbocycles. The van der Waals surface area contributed by atoms with Gasteiger partial charge in [0.1, 0.15) is 0 Å². The number of rotatable bonds is 8. The van der Waals surface area contributed by atoms with E-state index in [0.29, 0.717) is 18.5 Å². The Hall–Kier alpha value is -1.69. The van der Waals surface area contributed by atoms with Crippen LogP contribution in [0.4, 0.5) is 5.95 Å². The highest BCUT2D eigenvalue weighted by Gasteiger charge is 2.23. The third-order valence-corrected chi connectivity index (χ3v) is 3.11. The van der Waals surface area contributed by atoms with E-state index in [1.165, 1.54) is 0 Å². The smallest absolute Gasteiger partial charge is 0.239 e. The second-order valence-electron chi connectivity index (χ2n) is 5.27. The molecule has 1 aromatic heterocycles. The standard InChI is InChI=1S/C14H23N5O/c1-3-6-15-7-11-8-16-14(17-9-11)19(2)10-13(20)18-12-4-5-12/h8-9,12,15H,3-7,10H2,1-2H3,(H,18,20). The molecular weight excluding hydrogens is 254 g/mol. The summed E-state index contributed by atoms with van der Waals surface area (Å²) < 4.78 is 0. The minimum absolute atomic E-state index is 0.0345. The van der Waals surface area contributed by atoms with E-state index in [2.05, 4.69) is 27.5 Å². The van der Waals surface area contributed by atoms with Gasteiger partial charge in [-0.1, -0.05) is 6.92 Å². The van der Waals surface area contributed by atoms with Crippen molar-refractivity contribution in [2.45, 2.75) is 38.8 Å². The first-order valence-electron chi connectivity index (χ1n) is 7.21. The van der Waals surface area contributed by atoms with Crippen molar-refractivity contribution in [3.8, 4) is 0 Å². The van der Waals surface area contributed by atoms with Crippen LogP contribution in [0.2, 0.25) is 0 Å². The van der Waals surface area contributed by atoms with Gasteiger partial charge in [0.25, 0.3) is 0 Å². The maximum Gasteiger partial charge on any atom is 0.239 e. The molecule has 1 heterocycles. The van der Waals surface area contributed by atoms with Gasteiger partial charge in [-0.25, -0.2) is 9.97 Å². The Morgan fingerprint density at radius 3 is 2.70 bits per heavy atom. The van der Waals surface area contributed by atoms with Crippen LogP contribution in [0, 0.1) is 0 Å². The number of likely N-dealkylation sites (N-methyl/N-ethyl adjacent to an activating group) is 1. The van der Waals surface area contributed by atoms with Crippen LogP contribution in [0.5, 0.6) is 0 Å². The van der Waals surface area contributed by atoms with Gasteiger partial charge in [-0.05, 0) is 25.8 Å². The fraction of sp³-hybridized carbons (Fsp3) is 0.643. The molecule has 110 valence electrons. The highest BCUT2D eigenvalue weighted by atomic mass is 16.2. The number of aromatic nitrogens is 2. The van der Waals surface area contributed by atoms with E-state index >= 15 is 0 Å². The zero-order valence-corrected chi connectivity index (χ0v) is 12.2. The number of amides is 1. The fourth-order valence-corrected chi connectivity index (χ4v) is 1.83. The third kappa shape index (κ3) is 4.77. The zero-order valence-electron chi connectivity index (χ0n) is 12.2. The van der Waals surface area contributed by atoms with Gasteiger partial charge in [-0.2, -0.15) is 0 Å². The average molecular weight is 277 g/mol. The van der Waals surface area contributed by atoms with Crippen LogP contribution in [0.1, 0.15) is 31.7 Å². The van der Waals surface area contributed by atoms with Crippen LogP contribution in [0.25, 0.3) is 0 Å². The van der Waals surface area contributed by atoms with Crippen LogP contribution >= 0.6 is 0 Å². The topological polar surface area (TPSA) is 70.2 Å². The summed E-state index contributed by atoms with van der Waals surface area (Å²) in [6.07, 6.45) is 6.93. The molecule has 0 atom stereocenters. The van der Waals surface area contributed by atoms with Gasteiger partial charge in [-0.3, -0.25) is 4.79 Å². The molecule has 0 spiro atoms. The second kappa shape index (κ2) is 7.19. The summed E-state index contributed by atoms with van der Waals surface area (Å²) >= 11 is 0. The second-order valence-corrected chi connectivity index (χ2v) is 5.27. The lowest BCUT2D eigenvalue weighted by Crippen LogP contribution is -2.36. The molecule has 2 rings (SSSR count). The first kappa shape index (κ1) is 14.7. The summed E-state index contributed by atoms with van der Waals surface area (Å²) in [4.78, 5) is 22.1. The lowest BCUT2D eigenvalue weighted by Gasteiger charge is -2.16. The fourth-order valence-electron chi connectivity index (χ4n) is 1.83. The van der Waals surface area contributed by atoms with Crippen LogP contribution in [-0.4, -0.2) is 42.1 Å². The van der Waals surface area contributed by atoms with E-state index in [1.807, 2.05) is 7.05 Å². The first-order chi connectivity index (χ1) is 9.69. The normalized spacial score (nSPS) is 14.1. The van der Waals surface area contributed by atoms with Gasteiger partial charge in [0.2, 0.25) is 11.9 Å². The molecule has 6 nitrogen and oxygen atoms in total. The quantitative estimate of drug-likeness (QED) is 0.684. The van der Waals surface area contributed by atoms with Crippen molar-refractivity contribution in [3.63, 3.8) is 0 Å². The molecule has 1 aliphatic rings. The predicted molar refractivity (Wildman–Crippen MR) is 78.5 cm³/mol. The number of carbonyl (C=O) groups excluding carboxylic acids is 1. The summed E-state index contributed by atoms with van der Waals surface area (Å²) in [5.41, 5.74) is 1.05. The Bertz CT molecular complexity index is 430. The van der Waals surface area contributed by atoms with E-state index in [4.69, 9.17) is 0 Å². The van der Waals surface area contributed by atoms with Crippen LogP contribution in [-0.2, 0) is 11.3 Å². The molecule has 0 aromatic carbocycles. The Morgan fingerprint density at radius 2 is 2.10 bits per heavy atom. The molecule has 1 saturated carbocycles. The number of hydrogen-bond donors (Lipinski definition) is 2. The molecule has 0 unspecified atom stereocenters. The van der Waals surface area contributed by atoms with E-state index in [-0.39, 0.29) is 5.91 Å². The van der Waals surface area contributed by atoms with Crippen LogP contribution in [0.15, 0.2) is 12.4 Å². The SMILES string of the molecule is CCCNCc1cnc(N(C)CC(=O)NC2CC2)nc1. The highest BCUT2D eigenvalue weighted by Crippen LogP contribution is 2.18. The summed E-state index contributed by atoms with van der Waals surface area (Å²) in [7, 11) is 1.83. The number of nitrogens with zero attached hydrogens (tertiary/aromatic N) is 3. The summed E-state index contributed by atoms with van der Waals surface area (Å²) in [6, 6.07) is 0.392. The molecule has 1 amide bonds. The number of hydrogen-bond acceptors (Lipinski definition) is 5. The van der Waals surface area contributed by atoms with Gasteiger partial charge in [0, 0.05) is 37.6 Å². The highest BCUT2D eigenvalue weighted by molar-refractivity contribution is 5.81. The van der Waals surface area contributed by atoms with Crippen molar-refractivity contribution in [1.29, 1.82) is 0 Å². The molecule has 0 aliphatic heterocycles. The van der Waals surface area contributed by atoms with Crippen molar-refractivity contribution in [2.24, 2.45) is 0 Å². The predicted octanol–water partition coefficient (Wildman–Crippen LogP) is 0.691. The minimum atomic E-state index is 0.0345. The van der Waals surface area contributed by atoms with E-state index in [1.54, 1.807) is 17.3 Å². The van der Waals surface area contributed by atoms with Gasteiger partial charge in [0.05, 0.1) is 6.54 Å². The Labute approximate surface area is 120 Å². The zero-order chi connectivity index (χ0) is 14.4. The molecule has 0 radical (unpaired) electrons. The molecule has 6 heteroatoms. The Balaban J connectivity index is 1.79. The van der Waals surface area contributed by atoms with Gasteiger partial charge >= 0.3 is 0 Å². The molecule has 0 bridgehead atoms. The van der Waals surface area contributed by atoms with Crippen LogP contribution < -0.4 is 15.5 Å². The maximum atomic E-state index is 11.7. The number of nitrogens with one attached hydrogen (secondary N) is 2. The largest absolute Gasteiger partial charge is 0.352 e. The van der Waals surface area contributed by atoms with Crippen molar-refractivity contribution in [3.05, 3.63) is 18.0 Å². The molecule has 2 N–H and O–H groups in total. The average Bonchev–Trinajstić information content (AvgIpc) is 3.23. The molecule has 1 aromatic rings. The van der Waals surface area contributed by atoms with E-state index < -0.39 is 0 Å². The van der Waals surface area contributed by atoms with Crippen LogP contribution in [0.3, 0.4) is 0 Å². The van der Waals surface area contributed by atoms with E-state index in [0.717, 1.165) is 37.9 Å². The first-order valence-corrected chi connectivity index (χ1v) is 7.21. The summed E-state index contributed by atoms with van der Waals surface area (Å²) in [6.45, 7) is 4.20. The Morgan fingerprint density at radius 1 is 1.40 bits per heavy atom. The van der Waals surface area contributed by atoms with Crippen molar-refractivity contribution >= 4 is 11.9 Å². The molecule has 20 heavy (non-hydrogen) atoms.